The number of carbonyl (C=O) groups is 1. The van der Waals surface area contributed by atoms with Crippen LogP contribution in [0.2, 0.25) is 0 Å². The van der Waals surface area contributed by atoms with E-state index >= 15 is 0 Å². The van der Waals surface area contributed by atoms with Crippen LogP contribution in [-0.2, 0) is 4.79 Å². The van der Waals surface area contributed by atoms with Gasteiger partial charge in [0.25, 0.3) is 0 Å². The van der Waals surface area contributed by atoms with Gasteiger partial charge in [-0.25, -0.2) is 4.98 Å². The number of rotatable bonds is 8. The van der Waals surface area contributed by atoms with Crippen molar-refractivity contribution in [2.45, 2.75) is 52.0 Å². The Kier molecular flexibility index (Phi) is 12.1. The number of piperidine rings is 1. The average Bonchev–Trinajstić information content (AvgIpc) is 2.67. The van der Waals surface area contributed by atoms with E-state index in [1.165, 1.54) is 25.8 Å². The molecule has 7 nitrogen and oxygen atoms in total. The Bertz CT molecular complexity index is 607. The fourth-order valence-electron chi connectivity index (χ4n) is 3.24. The summed E-state index contributed by atoms with van der Waals surface area (Å²) in [4.78, 5) is 22.9. The van der Waals surface area contributed by atoms with Crippen molar-refractivity contribution in [2.75, 3.05) is 38.5 Å². The number of amides is 1. The Morgan fingerprint density at radius 1 is 1.29 bits per heavy atom. The minimum Gasteiger partial charge on any atom is -0.356 e. The minimum absolute atomic E-state index is 0. The van der Waals surface area contributed by atoms with E-state index in [1.807, 2.05) is 19.1 Å². The van der Waals surface area contributed by atoms with E-state index in [0.717, 1.165) is 31.0 Å². The van der Waals surface area contributed by atoms with Gasteiger partial charge < -0.3 is 20.9 Å². The number of pyridine rings is 1. The first kappa shape index (κ1) is 24.6. The van der Waals surface area contributed by atoms with Crippen LogP contribution in [0.1, 0.15) is 44.6 Å². The lowest BCUT2D eigenvalue weighted by molar-refractivity contribution is -0.116. The molecule has 1 aromatic heterocycles. The van der Waals surface area contributed by atoms with Gasteiger partial charge in [-0.1, -0.05) is 12.5 Å². The summed E-state index contributed by atoms with van der Waals surface area (Å²) in [6.45, 7) is 8.04. The Labute approximate surface area is 186 Å². The predicted octanol–water partition coefficient (Wildman–Crippen LogP) is 2.77. The average molecular weight is 502 g/mol. The van der Waals surface area contributed by atoms with Gasteiger partial charge in [-0.3, -0.25) is 9.79 Å². The molecule has 2 heterocycles. The van der Waals surface area contributed by atoms with E-state index in [9.17, 15) is 4.79 Å². The monoisotopic (exact) mass is 502 g/mol. The maximum atomic E-state index is 12.0. The van der Waals surface area contributed by atoms with E-state index in [4.69, 9.17) is 0 Å². The van der Waals surface area contributed by atoms with Gasteiger partial charge in [0.2, 0.25) is 5.91 Å². The van der Waals surface area contributed by atoms with Crippen LogP contribution in [0, 0.1) is 6.92 Å². The van der Waals surface area contributed by atoms with Gasteiger partial charge in [0.15, 0.2) is 5.96 Å². The number of nitrogens with one attached hydrogen (secondary N) is 3. The molecule has 1 amide bonds. The van der Waals surface area contributed by atoms with Crippen LogP contribution in [-0.4, -0.2) is 61.0 Å². The van der Waals surface area contributed by atoms with Crippen LogP contribution < -0.4 is 16.0 Å². The molecular weight excluding hydrogens is 467 g/mol. The molecule has 0 bridgehead atoms. The van der Waals surface area contributed by atoms with Gasteiger partial charge in [-0.2, -0.15) is 0 Å². The molecule has 2 rings (SSSR count). The lowest BCUT2D eigenvalue weighted by atomic mass is 10.0. The molecule has 1 fully saturated rings. The van der Waals surface area contributed by atoms with E-state index in [2.05, 4.69) is 37.8 Å². The number of likely N-dealkylation sites (tertiary alicyclic amines) is 1. The molecular formula is C20H35IN6O. The summed E-state index contributed by atoms with van der Waals surface area (Å²) >= 11 is 0. The summed E-state index contributed by atoms with van der Waals surface area (Å²) in [5.41, 5.74) is 1.07. The quantitative estimate of drug-likeness (QED) is 0.221. The standard InChI is InChI=1S/C20H34N6O.HI/c1-16-8-9-18(24-15-16)25-19(27)10-12-23-20(21-3)22-11-6-14-26-13-5-4-7-17(26)2;/h8-9,15,17H,4-7,10-14H2,1-3H3,(H2,21,22,23)(H,24,25,27);1H. The molecule has 1 saturated heterocycles. The van der Waals surface area contributed by atoms with Gasteiger partial charge in [-0.15, -0.1) is 24.0 Å². The van der Waals surface area contributed by atoms with Gasteiger partial charge >= 0.3 is 0 Å². The number of carbonyl (C=O) groups excluding carboxylic acids is 1. The third-order valence-electron chi connectivity index (χ3n) is 4.90. The molecule has 8 heteroatoms. The van der Waals surface area contributed by atoms with Crippen LogP contribution in [0.25, 0.3) is 0 Å². The van der Waals surface area contributed by atoms with Crippen LogP contribution in [0.4, 0.5) is 5.82 Å². The molecule has 0 aliphatic carbocycles. The summed E-state index contributed by atoms with van der Waals surface area (Å²) in [5, 5.41) is 9.31. The zero-order valence-corrected chi connectivity index (χ0v) is 19.7. The SMILES string of the molecule is CN=C(NCCCN1CCCCC1C)NCCC(=O)Nc1ccc(C)cn1.I. The van der Waals surface area contributed by atoms with Crippen molar-refractivity contribution in [1.29, 1.82) is 0 Å². The molecule has 3 N–H and O–H groups in total. The minimum atomic E-state index is -0.0617. The molecule has 0 spiro atoms. The Morgan fingerprint density at radius 2 is 2.07 bits per heavy atom. The number of guanidine groups is 1. The zero-order chi connectivity index (χ0) is 19.5. The number of anilines is 1. The number of hydrogen-bond donors (Lipinski definition) is 3. The predicted molar refractivity (Wildman–Crippen MR) is 127 cm³/mol. The van der Waals surface area contributed by atoms with E-state index < -0.39 is 0 Å². The first-order valence-electron chi connectivity index (χ1n) is 9.99. The van der Waals surface area contributed by atoms with Crippen LogP contribution in [0.15, 0.2) is 23.3 Å². The van der Waals surface area contributed by atoms with Gasteiger partial charge in [0.1, 0.15) is 5.82 Å². The van der Waals surface area contributed by atoms with Crippen molar-refractivity contribution < 1.29 is 4.79 Å². The second kappa shape index (κ2) is 13.7. The van der Waals surface area contributed by atoms with Gasteiger partial charge in [-0.05, 0) is 51.3 Å². The van der Waals surface area contributed by atoms with Crippen molar-refractivity contribution >= 4 is 41.7 Å². The number of hydrogen-bond acceptors (Lipinski definition) is 4. The summed E-state index contributed by atoms with van der Waals surface area (Å²) in [6, 6.07) is 4.44. The van der Waals surface area contributed by atoms with E-state index in [-0.39, 0.29) is 29.9 Å². The second-order valence-electron chi connectivity index (χ2n) is 7.18. The highest BCUT2D eigenvalue weighted by Crippen LogP contribution is 2.16. The largest absolute Gasteiger partial charge is 0.356 e. The maximum absolute atomic E-state index is 12.0. The number of nitrogens with zero attached hydrogens (tertiary/aromatic N) is 3. The van der Waals surface area contributed by atoms with Gasteiger partial charge in [0, 0.05) is 45.3 Å². The third-order valence-corrected chi connectivity index (χ3v) is 4.90. The summed E-state index contributed by atoms with van der Waals surface area (Å²) in [6.07, 6.45) is 7.19. The molecule has 28 heavy (non-hydrogen) atoms. The lowest BCUT2D eigenvalue weighted by Gasteiger charge is -2.33. The van der Waals surface area contributed by atoms with Crippen molar-refractivity contribution in [3.63, 3.8) is 0 Å². The molecule has 1 aliphatic heterocycles. The van der Waals surface area contributed by atoms with Gasteiger partial charge in [0.05, 0.1) is 0 Å². The van der Waals surface area contributed by atoms with Crippen molar-refractivity contribution in [3.05, 3.63) is 23.9 Å². The molecule has 158 valence electrons. The first-order valence-corrected chi connectivity index (χ1v) is 9.99. The second-order valence-corrected chi connectivity index (χ2v) is 7.18. The molecule has 1 unspecified atom stereocenters. The van der Waals surface area contributed by atoms with Crippen LogP contribution >= 0.6 is 24.0 Å². The Hall–Kier alpha value is -1.42. The summed E-state index contributed by atoms with van der Waals surface area (Å²) in [7, 11) is 1.75. The Morgan fingerprint density at radius 3 is 2.75 bits per heavy atom. The smallest absolute Gasteiger partial charge is 0.227 e. The van der Waals surface area contributed by atoms with E-state index in [0.29, 0.717) is 24.8 Å². The molecule has 0 saturated carbocycles. The van der Waals surface area contributed by atoms with Crippen molar-refractivity contribution in [3.8, 4) is 0 Å². The van der Waals surface area contributed by atoms with Crippen molar-refractivity contribution in [1.82, 2.24) is 20.5 Å². The number of halogens is 1. The Balaban J connectivity index is 0.00000392. The van der Waals surface area contributed by atoms with Crippen LogP contribution in [0.3, 0.4) is 0 Å². The normalized spacial score (nSPS) is 17.5. The van der Waals surface area contributed by atoms with Crippen molar-refractivity contribution in [2.24, 2.45) is 4.99 Å². The molecule has 1 atom stereocenters. The first-order chi connectivity index (χ1) is 13.1. The van der Waals surface area contributed by atoms with Crippen LogP contribution in [0.5, 0.6) is 0 Å². The number of aromatic nitrogens is 1. The molecule has 1 aromatic rings. The highest BCUT2D eigenvalue weighted by atomic mass is 127. The summed E-state index contributed by atoms with van der Waals surface area (Å²) < 4.78 is 0. The highest BCUT2D eigenvalue weighted by Gasteiger charge is 2.17. The number of aryl methyl sites for hydroxylation is 1. The fraction of sp³-hybridized carbons (Fsp3) is 0.650. The molecule has 0 radical (unpaired) electrons. The topological polar surface area (TPSA) is 81.7 Å². The lowest BCUT2D eigenvalue weighted by Crippen LogP contribution is -2.41. The number of aliphatic imine (C=N–C) groups is 1. The molecule has 0 aromatic carbocycles. The highest BCUT2D eigenvalue weighted by molar-refractivity contribution is 14.0. The molecule has 1 aliphatic rings. The third kappa shape index (κ3) is 9.18. The van der Waals surface area contributed by atoms with E-state index in [1.54, 1.807) is 13.2 Å². The zero-order valence-electron chi connectivity index (χ0n) is 17.3. The maximum Gasteiger partial charge on any atom is 0.227 e. The fourth-order valence-corrected chi connectivity index (χ4v) is 3.24. The summed E-state index contributed by atoms with van der Waals surface area (Å²) in [5.74, 6) is 1.26.